The smallest absolute Gasteiger partial charge is 0.315 e. The molecule has 0 atom stereocenters. The van der Waals surface area contributed by atoms with Crippen LogP contribution in [0.25, 0.3) is 0 Å². The number of benzene rings is 1. The molecule has 0 spiro atoms. The van der Waals surface area contributed by atoms with Gasteiger partial charge >= 0.3 is 12.0 Å². The van der Waals surface area contributed by atoms with Crippen LogP contribution in [0.1, 0.15) is 55.2 Å². The van der Waals surface area contributed by atoms with Crippen molar-refractivity contribution in [2.75, 3.05) is 6.54 Å². The molecule has 136 valence electrons. The molecule has 0 aromatic heterocycles. The van der Waals surface area contributed by atoms with E-state index in [1.165, 1.54) is 16.7 Å². The minimum atomic E-state index is -0.716. The summed E-state index contributed by atoms with van der Waals surface area (Å²) >= 11 is 0. The largest absolute Gasteiger partial charge is 0.481 e. The van der Waals surface area contributed by atoms with Crippen LogP contribution in [0.5, 0.6) is 0 Å². The summed E-state index contributed by atoms with van der Waals surface area (Å²) in [5.41, 5.74) is 4.00. The number of carboxylic acids is 1. The van der Waals surface area contributed by atoms with Crippen LogP contribution in [0, 0.1) is 19.8 Å². The van der Waals surface area contributed by atoms with E-state index < -0.39 is 5.97 Å². The van der Waals surface area contributed by atoms with Gasteiger partial charge in [0, 0.05) is 18.0 Å². The zero-order valence-corrected chi connectivity index (χ0v) is 15.1. The number of hydrogen-bond acceptors (Lipinski definition) is 2. The number of hydrogen-bond donors (Lipinski definition) is 3. The van der Waals surface area contributed by atoms with E-state index in [0.717, 1.165) is 25.7 Å². The Morgan fingerprint density at radius 2 is 1.84 bits per heavy atom. The predicted molar refractivity (Wildman–Crippen MR) is 96.7 cm³/mol. The highest BCUT2D eigenvalue weighted by Gasteiger charge is 2.45. The Kier molecular flexibility index (Phi) is 5.02. The molecule has 2 fully saturated rings. The highest BCUT2D eigenvalue weighted by atomic mass is 16.4. The lowest BCUT2D eigenvalue weighted by atomic mass is 9.86. The maximum Gasteiger partial charge on any atom is 0.315 e. The summed E-state index contributed by atoms with van der Waals surface area (Å²) < 4.78 is 0. The summed E-state index contributed by atoms with van der Waals surface area (Å²) in [5.74, 6) is -0.965. The average Bonchev–Trinajstić information content (AvgIpc) is 3.34. The molecule has 2 aliphatic carbocycles. The minimum Gasteiger partial charge on any atom is -0.481 e. The second kappa shape index (κ2) is 7.06. The SMILES string of the molecule is Cc1ccc(C2(CNC(=O)NC3CCC(C(=O)O)CC3)CC2)c(C)c1. The lowest BCUT2D eigenvalue weighted by Gasteiger charge is -2.27. The molecule has 5 nitrogen and oxygen atoms in total. The van der Waals surface area contributed by atoms with Crippen molar-refractivity contribution in [3.05, 3.63) is 34.9 Å². The van der Waals surface area contributed by atoms with Crippen LogP contribution in [-0.4, -0.2) is 29.7 Å². The highest BCUT2D eigenvalue weighted by molar-refractivity contribution is 5.74. The van der Waals surface area contributed by atoms with Crippen LogP contribution in [0.2, 0.25) is 0 Å². The third kappa shape index (κ3) is 4.14. The zero-order chi connectivity index (χ0) is 18.0. The van der Waals surface area contributed by atoms with Gasteiger partial charge in [0.25, 0.3) is 0 Å². The summed E-state index contributed by atoms with van der Waals surface area (Å²) in [7, 11) is 0. The zero-order valence-electron chi connectivity index (χ0n) is 15.1. The van der Waals surface area contributed by atoms with Crippen molar-refractivity contribution in [1.29, 1.82) is 0 Å². The molecule has 2 saturated carbocycles. The summed E-state index contributed by atoms with van der Waals surface area (Å²) in [5, 5.41) is 15.1. The predicted octanol–water partition coefficient (Wildman–Crippen LogP) is 3.28. The molecule has 1 aromatic carbocycles. The Morgan fingerprint density at radius 3 is 2.40 bits per heavy atom. The summed E-state index contributed by atoms with van der Waals surface area (Å²) in [6, 6.07) is 6.51. The van der Waals surface area contributed by atoms with Crippen LogP contribution < -0.4 is 10.6 Å². The summed E-state index contributed by atoms with van der Waals surface area (Å²) in [6.07, 6.45) is 5.00. The molecule has 5 heteroatoms. The van der Waals surface area contributed by atoms with Crippen molar-refractivity contribution in [2.45, 2.75) is 63.8 Å². The number of carbonyl (C=O) groups excluding carboxylic acids is 1. The quantitative estimate of drug-likeness (QED) is 0.767. The number of amides is 2. The van der Waals surface area contributed by atoms with Gasteiger partial charge in [-0.05, 0) is 63.5 Å². The van der Waals surface area contributed by atoms with Gasteiger partial charge < -0.3 is 15.7 Å². The Bertz CT molecular complexity index is 659. The lowest BCUT2D eigenvalue weighted by Crippen LogP contribution is -2.46. The van der Waals surface area contributed by atoms with Crippen molar-refractivity contribution >= 4 is 12.0 Å². The van der Waals surface area contributed by atoms with Gasteiger partial charge in [-0.2, -0.15) is 0 Å². The number of rotatable bonds is 5. The number of aliphatic carboxylic acids is 1. The first kappa shape index (κ1) is 17.8. The fourth-order valence-corrected chi connectivity index (χ4v) is 4.07. The first-order chi connectivity index (χ1) is 11.9. The number of urea groups is 1. The summed E-state index contributed by atoms with van der Waals surface area (Å²) in [4.78, 5) is 23.2. The van der Waals surface area contributed by atoms with Crippen LogP contribution in [0.4, 0.5) is 4.79 Å². The Labute approximate surface area is 149 Å². The molecule has 0 radical (unpaired) electrons. The van der Waals surface area contributed by atoms with Gasteiger partial charge in [0.2, 0.25) is 0 Å². The molecule has 2 aliphatic rings. The highest BCUT2D eigenvalue weighted by Crippen LogP contribution is 2.48. The number of carbonyl (C=O) groups is 2. The van der Waals surface area contributed by atoms with Crippen LogP contribution in [-0.2, 0) is 10.2 Å². The Balaban J connectivity index is 1.49. The number of nitrogens with one attached hydrogen (secondary N) is 2. The maximum atomic E-state index is 12.2. The van der Waals surface area contributed by atoms with Gasteiger partial charge in [-0.1, -0.05) is 23.8 Å². The fourth-order valence-electron chi connectivity index (χ4n) is 4.07. The molecule has 1 aromatic rings. The molecule has 3 N–H and O–H groups in total. The maximum absolute atomic E-state index is 12.2. The van der Waals surface area contributed by atoms with Crippen LogP contribution in [0.15, 0.2) is 18.2 Å². The third-order valence-corrected chi connectivity index (χ3v) is 5.81. The molecule has 0 unspecified atom stereocenters. The van der Waals surface area contributed by atoms with Crippen molar-refractivity contribution in [2.24, 2.45) is 5.92 Å². The van der Waals surface area contributed by atoms with E-state index in [9.17, 15) is 9.59 Å². The van der Waals surface area contributed by atoms with E-state index >= 15 is 0 Å². The minimum absolute atomic E-state index is 0.0897. The van der Waals surface area contributed by atoms with E-state index in [2.05, 4.69) is 42.7 Å². The fraction of sp³-hybridized carbons (Fsp3) is 0.600. The first-order valence-corrected chi connectivity index (χ1v) is 9.24. The first-order valence-electron chi connectivity index (χ1n) is 9.24. The van der Waals surface area contributed by atoms with Gasteiger partial charge in [-0.15, -0.1) is 0 Å². The Hall–Kier alpha value is -2.04. The van der Waals surface area contributed by atoms with E-state index in [0.29, 0.717) is 19.4 Å². The van der Waals surface area contributed by atoms with E-state index in [1.807, 2.05) is 0 Å². The van der Waals surface area contributed by atoms with E-state index in [-0.39, 0.29) is 23.4 Å². The van der Waals surface area contributed by atoms with E-state index in [1.54, 1.807) is 0 Å². The molecule has 0 bridgehead atoms. The second-order valence-electron chi connectivity index (χ2n) is 7.81. The van der Waals surface area contributed by atoms with Crippen molar-refractivity contribution in [1.82, 2.24) is 10.6 Å². The molecule has 0 saturated heterocycles. The van der Waals surface area contributed by atoms with Gasteiger partial charge in [0.1, 0.15) is 0 Å². The number of aryl methyl sites for hydroxylation is 2. The van der Waals surface area contributed by atoms with Gasteiger partial charge in [-0.3, -0.25) is 4.79 Å². The molecule has 2 amide bonds. The van der Waals surface area contributed by atoms with Crippen molar-refractivity contribution in [3.63, 3.8) is 0 Å². The molecule has 0 heterocycles. The van der Waals surface area contributed by atoms with Gasteiger partial charge in [0.05, 0.1) is 5.92 Å². The normalized spacial score (nSPS) is 24.4. The van der Waals surface area contributed by atoms with Crippen LogP contribution in [0.3, 0.4) is 0 Å². The standard InChI is InChI=1S/C20H28N2O3/c1-13-3-8-17(14(2)11-13)20(9-10-20)12-21-19(25)22-16-6-4-15(5-7-16)18(23)24/h3,8,11,15-16H,4-7,9-10,12H2,1-2H3,(H,23,24)(H2,21,22,25). The van der Waals surface area contributed by atoms with Crippen molar-refractivity contribution < 1.29 is 14.7 Å². The molecule has 0 aliphatic heterocycles. The molecular formula is C20H28N2O3. The molecule has 3 rings (SSSR count). The molecule has 25 heavy (non-hydrogen) atoms. The van der Waals surface area contributed by atoms with Crippen molar-refractivity contribution in [3.8, 4) is 0 Å². The van der Waals surface area contributed by atoms with Gasteiger partial charge in [0.15, 0.2) is 0 Å². The topological polar surface area (TPSA) is 78.4 Å². The summed E-state index contributed by atoms with van der Waals surface area (Å²) in [6.45, 7) is 4.90. The second-order valence-corrected chi connectivity index (χ2v) is 7.81. The average molecular weight is 344 g/mol. The lowest BCUT2D eigenvalue weighted by molar-refractivity contribution is -0.142. The van der Waals surface area contributed by atoms with Crippen LogP contribution >= 0.6 is 0 Å². The van der Waals surface area contributed by atoms with E-state index in [4.69, 9.17) is 5.11 Å². The monoisotopic (exact) mass is 344 g/mol. The third-order valence-electron chi connectivity index (χ3n) is 5.81. The number of carboxylic acid groups (broad SMARTS) is 1. The Morgan fingerprint density at radius 1 is 1.16 bits per heavy atom. The molecular weight excluding hydrogens is 316 g/mol. The van der Waals surface area contributed by atoms with Gasteiger partial charge in [-0.25, -0.2) is 4.79 Å².